The van der Waals surface area contributed by atoms with E-state index in [4.69, 9.17) is 14.2 Å². The molecule has 2 saturated heterocycles. The van der Waals surface area contributed by atoms with Crippen molar-refractivity contribution in [3.8, 4) is 0 Å². The van der Waals surface area contributed by atoms with Gasteiger partial charge in [-0.1, -0.05) is 0 Å². The molecular weight excluding hydrogens is 432 g/mol. The van der Waals surface area contributed by atoms with E-state index in [1.54, 1.807) is 0 Å². The molecule has 2 aliphatic rings. The number of hydrogen-bond donors (Lipinski definition) is 9. The molecule has 2 fully saturated rings. The van der Waals surface area contributed by atoms with Gasteiger partial charge in [0.1, 0.15) is 36.6 Å². The number of hydrogen-bond acceptors (Lipinski definition) is 12. The summed E-state index contributed by atoms with van der Waals surface area (Å²) in [6, 6.07) is 0. The summed E-state index contributed by atoms with van der Waals surface area (Å²) in [7, 11) is 0. The molecule has 9 atom stereocenters. The van der Waals surface area contributed by atoms with Crippen LogP contribution in [-0.2, 0) is 19.0 Å². The van der Waals surface area contributed by atoms with Crippen molar-refractivity contribution in [2.45, 2.75) is 87.5 Å². The Morgan fingerprint density at radius 1 is 1.22 bits per heavy atom. The second-order valence-electron chi connectivity index (χ2n) is 9.10. The second kappa shape index (κ2) is 11.0. The Morgan fingerprint density at radius 2 is 1.88 bits per heavy atom. The minimum Gasteiger partial charge on any atom is -0.394 e. The van der Waals surface area contributed by atoms with Crippen molar-refractivity contribution in [1.82, 2.24) is 10.6 Å². The van der Waals surface area contributed by atoms with E-state index < -0.39 is 67.3 Å². The standard InChI is InChI=1S/C19H36N2O11/c1-18(2,3)21-6-4-5-20-16(28)12(25)11(24)14(9(23)7-22)32-17-13(26)15(27)19(29)10(31-17)8-30-19/h9-15,17,21-27,29H,4-8H2,1-3H3,(H,20,28)/t9-,10?,11-,12-,13?,14-,15-,17+,19-/m1/s1. The lowest BCUT2D eigenvalue weighted by molar-refractivity contribution is -0.458. The van der Waals surface area contributed by atoms with Crippen LogP contribution in [0.2, 0.25) is 0 Å². The summed E-state index contributed by atoms with van der Waals surface area (Å²) in [5, 5.41) is 75.9. The van der Waals surface area contributed by atoms with E-state index in [9.17, 15) is 40.5 Å². The summed E-state index contributed by atoms with van der Waals surface area (Å²) in [5.74, 6) is -3.05. The number of fused-ring (bicyclic) bond motifs is 1. The first kappa shape index (κ1) is 27.3. The van der Waals surface area contributed by atoms with Crippen LogP contribution in [0, 0.1) is 0 Å². The number of rotatable bonds is 11. The lowest BCUT2D eigenvalue weighted by Crippen LogP contribution is -2.75. The quantitative estimate of drug-likeness (QED) is 0.131. The van der Waals surface area contributed by atoms with Gasteiger partial charge in [0.2, 0.25) is 5.79 Å². The highest BCUT2D eigenvalue weighted by atomic mass is 16.8. The Kier molecular flexibility index (Phi) is 9.35. The van der Waals surface area contributed by atoms with Gasteiger partial charge in [-0.05, 0) is 33.7 Å². The molecule has 13 heteroatoms. The Hall–Kier alpha value is -0.970. The zero-order chi connectivity index (χ0) is 24.3. The fourth-order valence-corrected chi connectivity index (χ4v) is 3.34. The van der Waals surface area contributed by atoms with Crippen LogP contribution >= 0.6 is 0 Å². The lowest BCUT2D eigenvalue weighted by atomic mass is 9.91. The molecule has 0 aromatic carbocycles. The minimum atomic E-state index is -2.12. The van der Waals surface area contributed by atoms with E-state index in [-0.39, 0.29) is 18.7 Å². The smallest absolute Gasteiger partial charge is 0.251 e. The third kappa shape index (κ3) is 6.33. The number of ether oxygens (including phenoxy) is 3. The van der Waals surface area contributed by atoms with Crippen molar-refractivity contribution in [2.24, 2.45) is 0 Å². The molecule has 0 aliphatic carbocycles. The third-order valence-corrected chi connectivity index (χ3v) is 5.35. The Balaban J connectivity index is 1.94. The van der Waals surface area contributed by atoms with Crippen molar-refractivity contribution < 1.29 is 54.8 Å². The average molecular weight is 469 g/mol. The van der Waals surface area contributed by atoms with Crippen LogP contribution in [-0.4, -0.2) is 128 Å². The predicted molar refractivity (Wildman–Crippen MR) is 107 cm³/mol. The summed E-state index contributed by atoms with van der Waals surface area (Å²) in [4.78, 5) is 12.2. The number of amides is 1. The molecule has 0 aromatic heterocycles. The van der Waals surface area contributed by atoms with E-state index in [0.29, 0.717) is 13.0 Å². The van der Waals surface area contributed by atoms with Crippen LogP contribution in [0.15, 0.2) is 0 Å². The molecule has 2 heterocycles. The van der Waals surface area contributed by atoms with Gasteiger partial charge in [0, 0.05) is 12.1 Å². The number of carbonyl (C=O) groups excluding carboxylic acids is 1. The predicted octanol–water partition coefficient (Wildman–Crippen LogP) is -4.49. The average Bonchev–Trinajstić information content (AvgIpc) is 2.73. The number of carbonyl (C=O) groups is 1. The van der Waals surface area contributed by atoms with E-state index in [2.05, 4.69) is 10.6 Å². The zero-order valence-corrected chi connectivity index (χ0v) is 18.4. The molecule has 2 rings (SSSR count). The van der Waals surface area contributed by atoms with Gasteiger partial charge in [-0.25, -0.2) is 0 Å². The molecule has 0 saturated carbocycles. The summed E-state index contributed by atoms with van der Waals surface area (Å²) >= 11 is 0. The third-order valence-electron chi connectivity index (χ3n) is 5.35. The first-order chi connectivity index (χ1) is 14.8. The van der Waals surface area contributed by atoms with Crippen LogP contribution in [0.25, 0.3) is 0 Å². The summed E-state index contributed by atoms with van der Waals surface area (Å²) in [5.41, 5.74) is -0.0919. The van der Waals surface area contributed by atoms with Crippen LogP contribution in [0.1, 0.15) is 27.2 Å². The molecule has 9 N–H and O–H groups in total. The van der Waals surface area contributed by atoms with Crippen LogP contribution < -0.4 is 10.6 Å². The Bertz CT molecular complexity index is 619. The zero-order valence-electron chi connectivity index (χ0n) is 18.4. The molecule has 0 radical (unpaired) electrons. The largest absolute Gasteiger partial charge is 0.394 e. The van der Waals surface area contributed by atoms with E-state index in [1.165, 1.54) is 0 Å². The fraction of sp³-hybridized carbons (Fsp3) is 0.947. The molecule has 0 spiro atoms. The van der Waals surface area contributed by atoms with Crippen LogP contribution in [0.4, 0.5) is 0 Å². The molecule has 32 heavy (non-hydrogen) atoms. The lowest BCUT2D eigenvalue weighted by Gasteiger charge is -2.54. The van der Waals surface area contributed by atoms with Gasteiger partial charge in [-0.15, -0.1) is 0 Å². The van der Waals surface area contributed by atoms with Gasteiger partial charge < -0.3 is 60.6 Å². The van der Waals surface area contributed by atoms with E-state index >= 15 is 0 Å². The van der Waals surface area contributed by atoms with Gasteiger partial charge in [-0.3, -0.25) is 4.79 Å². The normalized spacial score (nSPS) is 34.1. The topological polar surface area (TPSA) is 210 Å². The van der Waals surface area contributed by atoms with Crippen molar-refractivity contribution in [1.29, 1.82) is 0 Å². The SMILES string of the molecule is CC(C)(C)NCCCNC(=O)[C@H](O)[C@@H](O)[C@H](O[C@@H]1OC2CO[C@@]2(O)[C@H](O)C1O)[C@H](O)CO. The summed E-state index contributed by atoms with van der Waals surface area (Å²) < 4.78 is 15.5. The van der Waals surface area contributed by atoms with E-state index in [0.717, 1.165) is 0 Å². The molecule has 188 valence electrons. The van der Waals surface area contributed by atoms with Gasteiger partial charge in [0.05, 0.1) is 13.2 Å². The van der Waals surface area contributed by atoms with Gasteiger partial charge in [0.15, 0.2) is 12.4 Å². The highest BCUT2D eigenvalue weighted by molar-refractivity contribution is 5.81. The summed E-state index contributed by atoms with van der Waals surface area (Å²) in [6.45, 7) is 5.76. The maximum atomic E-state index is 12.2. The second-order valence-corrected chi connectivity index (χ2v) is 9.10. The highest BCUT2D eigenvalue weighted by Crippen LogP contribution is 2.39. The van der Waals surface area contributed by atoms with Crippen LogP contribution in [0.3, 0.4) is 0 Å². The monoisotopic (exact) mass is 468 g/mol. The minimum absolute atomic E-state index is 0.0919. The highest BCUT2D eigenvalue weighted by Gasteiger charge is 2.62. The molecule has 0 aromatic rings. The van der Waals surface area contributed by atoms with Crippen molar-refractivity contribution >= 4 is 5.91 Å². The molecular formula is C19H36N2O11. The molecule has 2 unspecified atom stereocenters. The van der Waals surface area contributed by atoms with Crippen LogP contribution in [0.5, 0.6) is 0 Å². The molecule has 13 nitrogen and oxygen atoms in total. The summed E-state index contributed by atoms with van der Waals surface area (Å²) in [6.07, 6.45) is -13.4. The maximum absolute atomic E-state index is 12.2. The van der Waals surface area contributed by atoms with Crippen molar-refractivity contribution in [2.75, 3.05) is 26.3 Å². The number of nitrogens with one attached hydrogen (secondary N) is 2. The van der Waals surface area contributed by atoms with Gasteiger partial charge in [-0.2, -0.15) is 0 Å². The van der Waals surface area contributed by atoms with Gasteiger partial charge in [0.25, 0.3) is 5.91 Å². The first-order valence-corrected chi connectivity index (χ1v) is 10.5. The van der Waals surface area contributed by atoms with Gasteiger partial charge >= 0.3 is 0 Å². The number of aliphatic hydroxyl groups excluding tert-OH is 6. The van der Waals surface area contributed by atoms with Crippen molar-refractivity contribution in [3.63, 3.8) is 0 Å². The Morgan fingerprint density at radius 3 is 2.41 bits per heavy atom. The maximum Gasteiger partial charge on any atom is 0.251 e. The number of aliphatic hydroxyl groups is 7. The van der Waals surface area contributed by atoms with E-state index in [1.807, 2.05) is 20.8 Å². The fourth-order valence-electron chi connectivity index (χ4n) is 3.34. The molecule has 2 aliphatic heterocycles. The molecule has 1 amide bonds. The molecule has 0 bridgehead atoms. The first-order valence-electron chi connectivity index (χ1n) is 10.5. The van der Waals surface area contributed by atoms with Crippen molar-refractivity contribution in [3.05, 3.63) is 0 Å². The Labute approximate surface area is 185 Å².